The predicted molar refractivity (Wildman–Crippen MR) is 68.0 cm³/mol. The zero-order valence-electron chi connectivity index (χ0n) is 10.2. The molecule has 1 saturated carbocycles. The molecule has 2 aromatic heterocycles. The molecule has 4 heteroatoms. The number of pyridine rings is 1. The fourth-order valence-corrected chi connectivity index (χ4v) is 2.80. The number of hydrogen-bond acceptors (Lipinski definition) is 3. The highest BCUT2D eigenvalue weighted by Gasteiger charge is 2.21. The van der Waals surface area contributed by atoms with Crippen LogP contribution in [-0.4, -0.2) is 14.6 Å². The maximum atomic E-state index is 5.97. The summed E-state index contributed by atoms with van der Waals surface area (Å²) in [6.45, 7) is 2.04. The second kappa shape index (κ2) is 4.02. The molecule has 4 nitrogen and oxygen atoms in total. The average molecular weight is 230 g/mol. The Bertz CT molecular complexity index is 538. The van der Waals surface area contributed by atoms with Crippen molar-refractivity contribution in [1.82, 2.24) is 14.6 Å². The Morgan fingerprint density at radius 3 is 2.71 bits per heavy atom. The molecule has 0 saturated heterocycles. The van der Waals surface area contributed by atoms with Crippen molar-refractivity contribution in [2.75, 3.05) is 5.73 Å². The van der Waals surface area contributed by atoms with E-state index in [-0.39, 0.29) is 0 Å². The number of nitrogens with two attached hydrogens (primary N) is 1. The lowest BCUT2D eigenvalue weighted by atomic mass is 9.88. The summed E-state index contributed by atoms with van der Waals surface area (Å²) < 4.78 is 2.13. The van der Waals surface area contributed by atoms with Crippen LogP contribution in [-0.2, 0) is 0 Å². The molecule has 0 aliphatic heterocycles. The molecule has 2 heterocycles. The fourth-order valence-electron chi connectivity index (χ4n) is 2.80. The number of aromatic nitrogens is 3. The molecule has 0 unspecified atom stereocenters. The third-order valence-corrected chi connectivity index (χ3v) is 3.85. The van der Waals surface area contributed by atoms with Gasteiger partial charge in [-0.05, 0) is 31.9 Å². The van der Waals surface area contributed by atoms with Crippen molar-refractivity contribution < 1.29 is 0 Å². The van der Waals surface area contributed by atoms with Crippen LogP contribution in [0.1, 0.15) is 49.5 Å². The summed E-state index contributed by atoms with van der Waals surface area (Å²) in [5, 5.41) is 8.63. The van der Waals surface area contributed by atoms with Crippen LogP contribution in [0.2, 0.25) is 0 Å². The number of nitrogen functional groups attached to an aromatic ring is 1. The zero-order valence-corrected chi connectivity index (χ0v) is 10.2. The first-order valence-corrected chi connectivity index (χ1v) is 6.37. The molecule has 0 atom stereocenters. The standard InChI is InChI=1S/C13H18N4/c1-9-11(14)7-8-12-15-16-13(17(9)12)10-5-3-2-4-6-10/h7-8,10H,2-6,14H2,1H3. The van der Waals surface area contributed by atoms with E-state index < -0.39 is 0 Å². The smallest absolute Gasteiger partial charge is 0.161 e. The molecule has 0 bridgehead atoms. The number of nitrogens with zero attached hydrogens (tertiary/aromatic N) is 3. The van der Waals surface area contributed by atoms with Gasteiger partial charge in [-0.25, -0.2) is 0 Å². The molecular weight excluding hydrogens is 212 g/mol. The van der Waals surface area contributed by atoms with E-state index >= 15 is 0 Å². The lowest BCUT2D eigenvalue weighted by molar-refractivity contribution is 0.426. The summed E-state index contributed by atoms with van der Waals surface area (Å²) >= 11 is 0. The molecule has 90 valence electrons. The van der Waals surface area contributed by atoms with Crippen LogP contribution in [0.25, 0.3) is 5.65 Å². The van der Waals surface area contributed by atoms with E-state index in [2.05, 4.69) is 14.6 Å². The largest absolute Gasteiger partial charge is 0.397 e. The van der Waals surface area contributed by atoms with Crippen LogP contribution in [0.3, 0.4) is 0 Å². The van der Waals surface area contributed by atoms with E-state index in [1.165, 1.54) is 32.1 Å². The van der Waals surface area contributed by atoms with Gasteiger partial charge in [0.1, 0.15) is 5.82 Å². The van der Waals surface area contributed by atoms with Crippen LogP contribution in [0.5, 0.6) is 0 Å². The van der Waals surface area contributed by atoms with Gasteiger partial charge in [0.05, 0.1) is 5.69 Å². The zero-order chi connectivity index (χ0) is 11.8. The van der Waals surface area contributed by atoms with Crippen LogP contribution in [0.4, 0.5) is 5.69 Å². The third kappa shape index (κ3) is 1.68. The lowest BCUT2D eigenvalue weighted by Gasteiger charge is -2.20. The average Bonchev–Trinajstić information content (AvgIpc) is 2.79. The summed E-state index contributed by atoms with van der Waals surface area (Å²) in [7, 11) is 0. The highest BCUT2D eigenvalue weighted by atomic mass is 15.3. The Morgan fingerprint density at radius 2 is 1.94 bits per heavy atom. The Morgan fingerprint density at radius 1 is 1.18 bits per heavy atom. The van der Waals surface area contributed by atoms with E-state index in [1.54, 1.807) is 0 Å². The highest BCUT2D eigenvalue weighted by molar-refractivity contribution is 5.52. The van der Waals surface area contributed by atoms with Gasteiger partial charge in [0, 0.05) is 11.6 Å². The van der Waals surface area contributed by atoms with Gasteiger partial charge in [0.2, 0.25) is 0 Å². The topological polar surface area (TPSA) is 56.2 Å². The minimum atomic E-state index is 0.555. The van der Waals surface area contributed by atoms with Crippen molar-refractivity contribution in [2.45, 2.75) is 44.9 Å². The molecule has 0 radical (unpaired) electrons. The minimum absolute atomic E-state index is 0.555. The van der Waals surface area contributed by atoms with Crippen molar-refractivity contribution in [1.29, 1.82) is 0 Å². The van der Waals surface area contributed by atoms with Crippen molar-refractivity contribution in [3.63, 3.8) is 0 Å². The summed E-state index contributed by atoms with van der Waals surface area (Å²) in [5.41, 5.74) is 8.76. The fraction of sp³-hybridized carbons (Fsp3) is 0.538. The predicted octanol–water partition coefficient (Wildman–Crippen LogP) is 2.67. The Labute approximate surface area is 101 Å². The summed E-state index contributed by atoms with van der Waals surface area (Å²) in [5.74, 6) is 1.66. The molecule has 2 aromatic rings. The summed E-state index contributed by atoms with van der Waals surface area (Å²) in [6, 6.07) is 3.85. The first kappa shape index (κ1) is 10.6. The number of rotatable bonds is 1. The SMILES string of the molecule is Cc1c(N)ccc2nnc(C3CCCCC3)n12. The molecule has 0 spiro atoms. The van der Waals surface area contributed by atoms with E-state index in [4.69, 9.17) is 5.73 Å². The van der Waals surface area contributed by atoms with Gasteiger partial charge in [-0.1, -0.05) is 19.3 Å². The molecule has 1 aliphatic carbocycles. The lowest BCUT2D eigenvalue weighted by Crippen LogP contribution is -2.10. The Balaban J connectivity index is 2.12. The molecule has 17 heavy (non-hydrogen) atoms. The monoisotopic (exact) mass is 230 g/mol. The molecule has 0 amide bonds. The number of aryl methyl sites for hydroxylation is 1. The molecule has 1 aliphatic rings. The van der Waals surface area contributed by atoms with Crippen molar-refractivity contribution in [2.24, 2.45) is 0 Å². The summed E-state index contributed by atoms with van der Waals surface area (Å²) in [4.78, 5) is 0. The number of anilines is 1. The van der Waals surface area contributed by atoms with Gasteiger partial charge in [-0.3, -0.25) is 4.40 Å². The van der Waals surface area contributed by atoms with Crippen molar-refractivity contribution >= 4 is 11.3 Å². The normalized spacial score (nSPS) is 17.7. The van der Waals surface area contributed by atoms with Crippen LogP contribution >= 0.6 is 0 Å². The van der Waals surface area contributed by atoms with E-state index in [0.717, 1.165) is 22.9 Å². The van der Waals surface area contributed by atoms with E-state index in [9.17, 15) is 0 Å². The van der Waals surface area contributed by atoms with Crippen LogP contribution < -0.4 is 5.73 Å². The first-order chi connectivity index (χ1) is 8.27. The highest BCUT2D eigenvalue weighted by Crippen LogP contribution is 2.32. The third-order valence-electron chi connectivity index (χ3n) is 3.85. The second-order valence-electron chi connectivity index (χ2n) is 4.96. The van der Waals surface area contributed by atoms with Gasteiger partial charge in [-0.15, -0.1) is 10.2 Å². The van der Waals surface area contributed by atoms with Crippen LogP contribution in [0.15, 0.2) is 12.1 Å². The second-order valence-corrected chi connectivity index (χ2v) is 4.96. The van der Waals surface area contributed by atoms with Crippen molar-refractivity contribution in [3.05, 3.63) is 23.7 Å². The van der Waals surface area contributed by atoms with Gasteiger partial charge in [0.15, 0.2) is 5.65 Å². The molecular formula is C13H18N4. The van der Waals surface area contributed by atoms with Crippen LogP contribution in [0, 0.1) is 6.92 Å². The van der Waals surface area contributed by atoms with Crippen molar-refractivity contribution in [3.8, 4) is 0 Å². The molecule has 3 rings (SSSR count). The minimum Gasteiger partial charge on any atom is -0.397 e. The Hall–Kier alpha value is -1.58. The Kier molecular flexibility index (Phi) is 2.50. The van der Waals surface area contributed by atoms with Gasteiger partial charge in [0.25, 0.3) is 0 Å². The number of hydrogen-bond donors (Lipinski definition) is 1. The summed E-state index contributed by atoms with van der Waals surface area (Å²) in [6.07, 6.45) is 6.43. The van der Waals surface area contributed by atoms with E-state index in [0.29, 0.717) is 5.92 Å². The maximum Gasteiger partial charge on any atom is 0.161 e. The van der Waals surface area contributed by atoms with Gasteiger partial charge < -0.3 is 5.73 Å². The van der Waals surface area contributed by atoms with E-state index in [1.807, 2.05) is 19.1 Å². The molecule has 2 N–H and O–H groups in total. The molecule has 1 fully saturated rings. The quantitative estimate of drug-likeness (QED) is 0.819. The van der Waals surface area contributed by atoms with Gasteiger partial charge in [-0.2, -0.15) is 0 Å². The first-order valence-electron chi connectivity index (χ1n) is 6.37. The number of fused-ring (bicyclic) bond motifs is 1. The van der Waals surface area contributed by atoms with Gasteiger partial charge >= 0.3 is 0 Å². The maximum absolute atomic E-state index is 5.97. The molecule has 0 aromatic carbocycles.